The molecule has 0 aliphatic carbocycles. The number of nitro groups is 1. The highest BCUT2D eigenvalue weighted by Gasteiger charge is 2.22. The zero-order valence-corrected chi connectivity index (χ0v) is 17.1. The van der Waals surface area contributed by atoms with Gasteiger partial charge in [-0.25, -0.2) is 0 Å². The summed E-state index contributed by atoms with van der Waals surface area (Å²) >= 11 is 1.14. The van der Waals surface area contributed by atoms with Crippen molar-refractivity contribution in [1.82, 2.24) is 10.2 Å². The molecule has 1 fully saturated rings. The molecule has 28 heavy (non-hydrogen) atoms. The molecule has 1 aliphatic rings. The van der Waals surface area contributed by atoms with Crippen molar-refractivity contribution in [3.05, 3.63) is 61.3 Å². The van der Waals surface area contributed by atoms with Gasteiger partial charge in [-0.15, -0.1) is 11.3 Å². The Morgan fingerprint density at radius 1 is 1.25 bits per heavy atom. The van der Waals surface area contributed by atoms with Crippen molar-refractivity contribution in [2.24, 2.45) is 0 Å². The fourth-order valence-electron chi connectivity index (χ4n) is 3.47. The van der Waals surface area contributed by atoms with E-state index in [2.05, 4.69) is 36.2 Å². The van der Waals surface area contributed by atoms with Crippen LogP contribution in [0.2, 0.25) is 0 Å². The fourth-order valence-corrected chi connectivity index (χ4v) is 4.37. The minimum atomic E-state index is -0.461. The van der Waals surface area contributed by atoms with Gasteiger partial charge in [0.25, 0.3) is 11.6 Å². The van der Waals surface area contributed by atoms with Crippen molar-refractivity contribution < 1.29 is 14.5 Å². The first-order chi connectivity index (χ1) is 13.3. The molecule has 0 spiro atoms. The smallest absolute Gasteiger partial charge is 0.283 e. The summed E-state index contributed by atoms with van der Waals surface area (Å²) in [6.07, 6.45) is 0.491. The van der Waals surface area contributed by atoms with E-state index in [-0.39, 0.29) is 23.8 Å². The average Bonchev–Trinajstić information content (AvgIpc) is 3.02. The predicted octanol–water partition coefficient (Wildman–Crippen LogP) is 3.50. The molecule has 1 aliphatic heterocycles. The quantitative estimate of drug-likeness (QED) is 0.589. The Labute approximate surface area is 168 Å². The van der Waals surface area contributed by atoms with Crippen molar-refractivity contribution in [3.8, 4) is 0 Å². The van der Waals surface area contributed by atoms with Crippen molar-refractivity contribution >= 4 is 22.9 Å². The number of nitrogens with zero attached hydrogens (tertiary/aromatic N) is 2. The summed E-state index contributed by atoms with van der Waals surface area (Å²) in [6.45, 7) is 8.95. The highest BCUT2D eigenvalue weighted by molar-refractivity contribution is 7.14. The highest BCUT2D eigenvalue weighted by Crippen LogP contribution is 2.28. The van der Waals surface area contributed by atoms with E-state index in [9.17, 15) is 14.9 Å². The lowest BCUT2D eigenvalue weighted by molar-refractivity contribution is -0.385. The molecule has 1 N–H and O–H groups in total. The fraction of sp³-hybridized carbons (Fsp3) is 0.450. The van der Waals surface area contributed by atoms with Gasteiger partial charge in [0.1, 0.15) is 0 Å². The van der Waals surface area contributed by atoms with Crippen LogP contribution in [0.4, 0.5) is 5.69 Å². The second-order valence-corrected chi connectivity index (χ2v) is 8.52. The zero-order valence-electron chi connectivity index (χ0n) is 16.3. The molecular formula is C20H25N3O4S. The standard InChI is InChI=1S/C20H25N3O4S/c1-13-10-22(11-14(2)27-13)12-17-6-4-16(5-7-17)9-21-20(24)19-8-18(23(25)26)15(3)28-19/h4-8,13-14H,9-12H2,1-3H3,(H,21,24)/t13-,14-/m0/s1. The molecule has 1 amide bonds. The van der Waals surface area contributed by atoms with Gasteiger partial charge in [0.05, 0.1) is 26.9 Å². The summed E-state index contributed by atoms with van der Waals surface area (Å²) in [4.78, 5) is 26.0. The monoisotopic (exact) mass is 403 g/mol. The van der Waals surface area contributed by atoms with Crippen LogP contribution in [0, 0.1) is 17.0 Å². The van der Waals surface area contributed by atoms with Gasteiger partial charge in [0.15, 0.2) is 0 Å². The number of rotatable bonds is 6. The molecule has 0 radical (unpaired) electrons. The molecule has 1 saturated heterocycles. The molecule has 0 saturated carbocycles. The molecule has 2 heterocycles. The lowest BCUT2D eigenvalue weighted by Gasteiger charge is -2.35. The predicted molar refractivity (Wildman–Crippen MR) is 109 cm³/mol. The molecule has 2 atom stereocenters. The number of hydrogen-bond donors (Lipinski definition) is 1. The lowest BCUT2D eigenvalue weighted by atomic mass is 10.1. The van der Waals surface area contributed by atoms with Gasteiger partial charge < -0.3 is 10.1 Å². The van der Waals surface area contributed by atoms with Crippen LogP contribution >= 0.6 is 11.3 Å². The van der Waals surface area contributed by atoms with Crippen LogP contribution in [0.25, 0.3) is 0 Å². The van der Waals surface area contributed by atoms with Crippen LogP contribution in [0.5, 0.6) is 0 Å². The van der Waals surface area contributed by atoms with Gasteiger partial charge in [-0.1, -0.05) is 24.3 Å². The summed E-state index contributed by atoms with van der Waals surface area (Å²) in [6, 6.07) is 9.50. The second kappa shape index (κ2) is 8.81. The van der Waals surface area contributed by atoms with E-state index in [0.717, 1.165) is 36.5 Å². The first kappa shape index (κ1) is 20.4. The summed E-state index contributed by atoms with van der Waals surface area (Å²) < 4.78 is 5.77. The van der Waals surface area contributed by atoms with Crippen LogP contribution in [-0.2, 0) is 17.8 Å². The Kier molecular flexibility index (Phi) is 6.43. The van der Waals surface area contributed by atoms with Gasteiger partial charge in [0, 0.05) is 32.2 Å². The van der Waals surface area contributed by atoms with Crippen LogP contribution in [0.1, 0.15) is 39.5 Å². The topological polar surface area (TPSA) is 84.7 Å². The number of benzene rings is 1. The van der Waals surface area contributed by atoms with E-state index in [1.807, 2.05) is 12.1 Å². The maximum atomic E-state index is 12.3. The number of aryl methyl sites for hydroxylation is 1. The molecule has 1 aromatic heterocycles. The van der Waals surface area contributed by atoms with E-state index in [0.29, 0.717) is 16.3 Å². The number of amides is 1. The normalized spacial score (nSPS) is 20.1. The van der Waals surface area contributed by atoms with Crippen molar-refractivity contribution in [1.29, 1.82) is 0 Å². The molecule has 7 nitrogen and oxygen atoms in total. The van der Waals surface area contributed by atoms with Crippen molar-refractivity contribution in [2.75, 3.05) is 13.1 Å². The number of ether oxygens (including phenoxy) is 1. The van der Waals surface area contributed by atoms with Gasteiger partial charge >= 0.3 is 0 Å². The Hall–Kier alpha value is -2.29. The molecular weight excluding hydrogens is 378 g/mol. The zero-order chi connectivity index (χ0) is 20.3. The van der Waals surface area contributed by atoms with Gasteiger partial charge in [-0.05, 0) is 31.9 Å². The third-order valence-corrected chi connectivity index (χ3v) is 5.73. The first-order valence-electron chi connectivity index (χ1n) is 9.30. The first-order valence-corrected chi connectivity index (χ1v) is 10.1. The Balaban J connectivity index is 1.53. The van der Waals surface area contributed by atoms with Crippen LogP contribution < -0.4 is 5.32 Å². The number of nitrogens with one attached hydrogen (secondary N) is 1. The number of hydrogen-bond acceptors (Lipinski definition) is 6. The number of thiophene rings is 1. The molecule has 0 unspecified atom stereocenters. The average molecular weight is 404 g/mol. The minimum absolute atomic E-state index is 0.00810. The van der Waals surface area contributed by atoms with Crippen molar-refractivity contribution in [3.63, 3.8) is 0 Å². The largest absolute Gasteiger partial charge is 0.373 e. The van der Waals surface area contributed by atoms with E-state index in [1.54, 1.807) is 6.92 Å². The summed E-state index contributed by atoms with van der Waals surface area (Å²) in [5.41, 5.74) is 2.20. The molecule has 150 valence electrons. The number of carbonyl (C=O) groups excluding carboxylic acids is 1. The van der Waals surface area contributed by atoms with Gasteiger partial charge in [-0.2, -0.15) is 0 Å². The summed E-state index contributed by atoms with van der Waals surface area (Å²) in [7, 11) is 0. The van der Waals surface area contributed by atoms with E-state index < -0.39 is 4.92 Å². The van der Waals surface area contributed by atoms with Crippen LogP contribution in [0.3, 0.4) is 0 Å². The third-order valence-electron chi connectivity index (χ3n) is 4.69. The van der Waals surface area contributed by atoms with E-state index in [4.69, 9.17) is 4.74 Å². The molecule has 1 aromatic carbocycles. The molecule has 8 heteroatoms. The maximum absolute atomic E-state index is 12.3. The molecule has 3 rings (SSSR count). The summed E-state index contributed by atoms with van der Waals surface area (Å²) in [5, 5.41) is 13.7. The molecule has 0 bridgehead atoms. The Morgan fingerprint density at radius 3 is 2.43 bits per heavy atom. The van der Waals surface area contributed by atoms with E-state index in [1.165, 1.54) is 11.6 Å². The minimum Gasteiger partial charge on any atom is -0.373 e. The van der Waals surface area contributed by atoms with Crippen LogP contribution in [0.15, 0.2) is 30.3 Å². The van der Waals surface area contributed by atoms with E-state index >= 15 is 0 Å². The lowest BCUT2D eigenvalue weighted by Crippen LogP contribution is -2.44. The second-order valence-electron chi connectivity index (χ2n) is 7.26. The number of morpholine rings is 1. The Morgan fingerprint density at radius 2 is 1.86 bits per heavy atom. The Bertz CT molecular complexity index is 840. The number of carbonyl (C=O) groups is 1. The van der Waals surface area contributed by atoms with Crippen molar-refractivity contribution in [2.45, 2.75) is 46.1 Å². The third kappa shape index (κ3) is 5.15. The SMILES string of the molecule is Cc1sc(C(=O)NCc2ccc(CN3C[C@H](C)O[C@@H](C)C3)cc2)cc1[N+](=O)[O-]. The van der Waals surface area contributed by atoms with Gasteiger partial charge in [0.2, 0.25) is 0 Å². The van der Waals surface area contributed by atoms with Gasteiger partial charge in [-0.3, -0.25) is 19.8 Å². The van der Waals surface area contributed by atoms with Crippen LogP contribution in [-0.4, -0.2) is 41.0 Å². The maximum Gasteiger partial charge on any atom is 0.283 e. The highest BCUT2D eigenvalue weighted by atomic mass is 32.1. The molecule has 2 aromatic rings. The summed E-state index contributed by atoms with van der Waals surface area (Å²) in [5.74, 6) is -0.290.